The predicted molar refractivity (Wildman–Crippen MR) is 74.0 cm³/mol. The minimum atomic E-state index is 0.131. The largest absolute Gasteiger partial charge is 0.324 e. The van der Waals surface area contributed by atoms with Crippen molar-refractivity contribution < 1.29 is 0 Å². The van der Waals surface area contributed by atoms with Gasteiger partial charge < -0.3 is 11.1 Å². The SMILES string of the molecule is NC(CCNCc1ccsc1)c1ccccc1. The molecule has 0 amide bonds. The van der Waals surface area contributed by atoms with E-state index in [0.717, 1.165) is 19.5 Å². The highest BCUT2D eigenvalue weighted by Crippen LogP contribution is 2.12. The molecule has 0 bridgehead atoms. The Balaban J connectivity index is 1.68. The van der Waals surface area contributed by atoms with Crippen molar-refractivity contribution in [1.82, 2.24) is 5.32 Å². The molecule has 1 atom stereocenters. The second-order valence-corrected chi connectivity index (χ2v) is 4.89. The van der Waals surface area contributed by atoms with Gasteiger partial charge in [-0.1, -0.05) is 30.3 Å². The van der Waals surface area contributed by atoms with Crippen LogP contribution >= 0.6 is 11.3 Å². The van der Waals surface area contributed by atoms with E-state index in [1.807, 2.05) is 18.2 Å². The molecule has 3 heteroatoms. The number of thiophene rings is 1. The Morgan fingerprint density at radius 1 is 1.18 bits per heavy atom. The monoisotopic (exact) mass is 246 g/mol. The molecule has 0 saturated carbocycles. The molecule has 1 unspecified atom stereocenters. The summed E-state index contributed by atoms with van der Waals surface area (Å²) in [6, 6.07) is 12.5. The molecular weight excluding hydrogens is 228 g/mol. The Hall–Kier alpha value is -1.16. The van der Waals surface area contributed by atoms with Crippen LogP contribution in [0.15, 0.2) is 47.2 Å². The molecule has 0 aliphatic carbocycles. The molecule has 2 nitrogen and oxygen atoms in total. The van der Waals surface area contributed by atoms with Crippen LogP contribution in [0.25, 0.3) is 0 Å². The standard InChI is InChI=1S/C14H18N2S/c15-14(13-4-2-1-3-5-13)6-8-16-10-12-7-9-17-11-12/h1-5,7,9,11,14,16H,6,8,10,15H2. The predicted octanol–water partition coefficient (Wildman–Crippen LogP) is 2.93. The maximum atomic E-state index is 6.12. The van der Waals surface area contributed by atoms with Crippen LogP contribution in [0.5, 0.6) is 0 Å². The van der Waals surface area contributed by atoms with Crippen LogP contribution in [0.2, 0.25) is 0 Å². The number of rotatable bonds is 6. The van der Waals surface area contributed by atoms with Gasteiger partial charge >= 0.3 is 0 Å². The molecule has 2 aromatic rings. The quantitative estimate of drug-likeness (QED) is 0.769. The maximum Gasteiger partial charge on any atom is 0.0306 e. The second kappa shape index (κ2) is 6.55. The van der Waals surface area contributed by atoms with Crippen LogP contribution in [0, 0.1) is 0 Å². The molecule has 3 N–H and O–H groups in total. The van der Waals surface area contributed by atoms with Gasteiger partial charge in [-0.25, -0.2) is 0 Å². The summed E-state index contributed by atoms with van der Waals surface area (Å²) in [5.41, 5.74) is 8.68. The first-order valence-corrected chi connectivity index (χ1v) is 6.83. The summed E-state index contributed by atoms with van der Waals surface area (Å²) in [6.45, 7) is 1.89. The van der Waals surface area contributed by atoms with E-state index in [9.17, 15) is 0 Å². The number of nitrogens with two attached hydrogens (primary N) is 1. The fourth-order valence-corrected chi connectivity index (χ4v) is 2.42. The second-order valence-electron chi connectivity index (χ2n) is 4.11. The maximum absolute atomic E-state index is 6.12. The van der Waals surface area contributed by atoms with Gasteiger partial charge in [0.2, 0.25) is 0 Å². The molecule has 0 aliphatic heterocycles. The van der Waals surface area contributed by atoms with Gasteiger partial charge in [-0.05, 0) is 40.9 Å². The van der Waals surface area contributed by atoms with Crippen LogP contribution in [0.3, 0.4) is 0 Å². The van der Waals surface area contributed by atoms with Crippen LogP contribution in [-0.2, 0) is 6.54 Å². The molecule has 1 aromatic carbocycles. The number of benzene rings is 1. The number of hydrogen-bond donors (Lipinski definition) is 2. The third kappa shape index (κ3) is 3.97. The third-order valence-electron chi connectivity index (χ3n) is 2.77. The van der Waals surface area contributed by atoms with Gasteiger partial charge in [0.25, 0.3) is 0 Å². The molecule has 17 heavy (non-hydrogen) atoms. The fraction of sp³-hybridized carbons (Fsp3) is 0.286. The number of hydrogen-bond acceptors (Lipinski definition) is 3. The van der Waals surface area contributed by atoms with Crippen LogP contribution in [-0.4, -0.2) is 6.54 Å². The Labute approximate surface area is 106 Å². The van der Waals surface area contributed by atoms with Crippen LogP contribution in [0.4, 0.5) is 0 Å². The summed E-state index contributed by atoms with van der Waals surface area (Å²) in [6.07, 6.45) is 0.966. The highest BCUT2D eigenvalue weighted by atomic mass is 32.1. The summed E-state index contributed by atoms with van der Waals surface area (Å²) >= 11 is 1.74. The topological polar surface area (TPSA) is 38.0 Å². The Bertz CT molecular complexity index is 411. The van der Waals surface area contributed by atoms with E-state index >= 15 is 0 Å². The average Bonchev–Trinajstić information content (AvgIpc) is 2.88. The summed E-state index contributed by atoms with van der Waals surface area (Å²) in [4.78, 5) is 0. The normalized spacial score (nSPS) is 12.5. The van der Waals surface area contributed by atoms with Gasteiger partial charge in [0.1, 0.15) is 0 Å². The lowest BCUT2D eigenvalue weighted by Crippen LogP contribution is -2.20. The zero-order chi connectivity index (χ0) is 11.9. The van der Waals surface area contributed by atoms with E-state index < -0.39 is 0 Å². The molecule has 0 saturated heterocycles. The Kier molecular flexibility index (Phi) is 4.74. The summed E-state index contributed by atoms with van der Waals surface area (Å²) in [7, 11) is 0. The summed E-state index contributed by atoms with van der Waals surface area (Å²) in [5.74, 6) is 0. The van der Waals surface area contributed by atoms with Gasteiger partial charge in [-0.3, -0.25) is 0 Å². The minimum Gasteiger partial charge on any atom is -0.324 e. The van der Waals surface area contributed by atoms with E-state index in [1.54, 1.807) is 11.3 Å². The molecule has 0 fully saturated rings. The lowest BCUT2D eigenvalue weighted by atomic mass is 10.1. The van der Waals surface area contributed by atoms with Gasteiger partial charge in [-0.2, -0.15) is 11.3 Å². The molecule has 1 aromatic heterocycles. The Morgan fingerprint density at radius 3 is 2.71 bits per heavy atom. The first kappa shape index (κ1) is 12.3. The van der Waals surface area contributed by atoms with E-state index in [4.69, 9.17) is 5.73 Å². The van der Waals surface area contributed by atoms with Gasteiger partial charge in [0.05, 0.1) is 0 Å². The summed E-state index contributed by atoms with van der Waals surface area (Å²) in [5, 5.41) is 7.69. The first-order chi connectivity index (χ1) is 8.36. The number of nitrogens with one attached hydrogen (secondary N) is 1. The zero-order valence-corrected chi connectivity index (χ0v) is 10.6. The Morgan fingerprint density at radius 2 is 2.00 bits per heavy atom. The van der Waals surface area contributed by atoms with Gasteiger partial charge in [0.15, 0.2) is 0 Å². The van der Waals surface area contributed by atoms with Gasteiger partial charge in [0, 0.05) is 12.6 Å². The molecular formula is C14H18N2S. The smallest absolute Gasteiger partial charge is 0.0306 e. The van der Waals surface area contributed by atoms with E-state index in [1.165, 1.54) is 11.1 Å². The van der Waals surface area contributed by atoms with Crippen molar-refractivity contribution in [3.8, 4) is 0 Å². The molecule has 1 heterocycles. The van der Waals surface area contributed by atoms with Crippen molar-refractivity contribution in [2.45, 2.75) is 19.0 Å². The molecule has 90 valence electrons. The lowest BCUT2D eigenvalue weighted by Gasteiger charge is -2.12. The van der Waals surface area contributed by atoms with E-state index in [2.05, 4.69) is 34.3 Å². The van der Waals surface area contributed by atoms with E-state index in [-0.39, 0.29) is 6.04 Å². The molecule has 0 spiro atoms. The minimum absolute atomic E-state index is 0.131. The highest BCUT2D eigenvalue weighted by Gasteiger charge is 2.04. The van der Waals surface area contributed by atoms with Crippen LogP contribution < -0.4 is 11.1 Å². The first-order valence-electron chi connectivity index (χ1n) is 5.88. The van der Waals surface area contributed by atoms with E-state index in [0.29, 0.717) is 0 Å². The molecule has 2 rings (SSSR count). The van der Waals surface area contributed by atoms with Crippen molar-refractivity contribution in [3.05, 3.63) is 58.3 Å². The zero-order valence-electron chi connectivity index (χ0n) is 9.80. The average molecular weight is 246 g/mol. The fourth-order valence-electron chi connectivity index (χ4n) is 1.75. The summed E-state index contributed by atoms with van der Waals surface area (Å²) < 4.78 is 0. The third-order valence-corrected chi connectivity index (χ3v) is 3.50. The molecule has 0 aliphatic rings. The lowest BCUT2D eigenvalue weighted by molar-refractivity contribution is 0.580. The van der Waals surface area contributed by atoms with Crippen molar-refractivity contribution >= 4 is 11.3 Å². The molecule has 0 radical (unpaired) electrons. The van der Waals surface area contributed by atoms with Crippen LogP contribution in [0.1, 0.15) is 23.6 Å². The highest BCUT2D eigenvalue weighted by molar-refractivity contribution is 7.07. The van der Waals surface area contributed by atoms with Crippen molar-refractivity contribution in [2.75, 3.05) is 6.54 Å². The van der Waals surface area contributed by atoms with Gasteiger partial charge in [-0.15, -0.1) is 0 Å². The van der Waals surface area contributed by atoms with Crippen molar-refractivity contribution in [3.63, 3.8) is 0 Å². The van der Waals surface area contributed by atoms with Crippen molar-refractivity contribution in [2.24, 2.45) is 5.73 Å². The van der Waals surface area contributed by atoms with Crippen molar-refractivity contribution in [1.29, 1.82) is 0 Å².